The van der Waals surface area contributed by atoms with Crippen molar-refractivity contribution in [3.8, 4) is 0 Å². The van der Waals surface area contributed by atoms with Gasteiger partial charge in [-0.3, -0.25) is 0 Å². The minimum absolute atomic E-state index is 0.634. The summed E-state index contributed by atoms with van der Waals surface area (Å²) in [5.74, 6) is 0. The van der Waals surface area contributed by atoms with Crippen LogP contribution in [0.2, 0.25) is 0 Å². The Morgan fingerprint density at radius 3 is 1.69 bits per heavy atom. The quantitative estimate of drug-likeness (QED) is 0.188. The summed E-state index contributed by atoms with van der Waals surface area (Å²) in [5.41, 5.74) is 0. The SMILES string of the molecule is CCCCCCCCCCCCC(S)CI. The lowest BCUT2D eigenvalue weighted by Gasteiger charge is -2.06. The molecule has 0 radical (unpaired) electrons. The van der Waals surface area contributed by atoms with Crippen molar-refractivity contribution in [1.82, 2.24) is 0 Å². The summed E-state index contributed by atoms with van der Waals surface area (Å²) < 4.78 is 1.19. The molecule has 1 unspecified atom stereocenters. The second kappa shape index (κ2) is 14.1. The number of thiol groups is 1. The van der Waals surface area contributed by atoms with Gasteiger partial charge in [0.05, 0.1) is 0 Å². The number of halogens is 1. The fourth-order valence-corrected chi connectivity index (χ4v) is 2.57. The molecule has 0 rings (SSSR count). The van der Waals surface area contributed by atoms with Gasteiger partial charge in [0.25, 0.3) is 0 Å². The molecule has 0 saturated carbocycles. The summed E-state index contributed by atoms with van der Waals surface area (Å²) in [6.45, 7) is 2.28. The third kappa shape index (κ3) is 13.1. The van der Waals surface area contributed by atoms with Crippen LogP contribution in [-0.2, 0) is 0 Å². The van der Waals surface area contributed by atoms with Gasteiger partial charge in [-0.15, -0.1) is 0 Å². The molecule has 0 heterocycles. The molecule has 0 N–H and O–H groups in total. The van der Waals surface area contributed by atoms with Crippen molar-refractivity contribution >= 4 is 35.2 Å². The van der Waals surface area contributed by atoms with Crippen molar-refractivity contribution in [3.63, 3.8) is 0 Å². The maximum absolute atomic E-state index is 4.51. The summed E-state index contributed by atoms with van der Waals surface area (Å²) in [6.07, 6.45) is 15.6. The molecule has 0 aliphatic carbocycles. The molecular formula is C14H29IS. The first kappa shape index (κ1) is 17.1. The molecule has 0 amide bonds. The second-order valence-electron chi connectivity index (χ2n) is 4.78. The number of hydrogen-bond donors (Lipinski definition) is 1. The largest absolute Gasteiger partial charge is 0.175 e. The van der Waals surface area contributed by atoms with Crippen LogP contribution in [0.1, 0.15) is 77.6 Å². The molecule has 16 heavy (non-hydrogen) atoms. The molecule has 0 nitrogen and oxygen atoms in total. The Hall–Kier alpha value is 1.08. The maximum Gasteiger partial charge on any atom is 0.0112 e. The minimum Gasteiger partial charge on any atom is -0.175 e. The van der Waals surface area contributed by atoms with E-state index in [1.165, 1.54) is 75.1 Å². The van der Waals surface area contributed by atoms with Gasteiger partial charge in [0.2, 0.25) is 0 Å². The predicted octanol–water partition coefficient (Wildman–Crippen LogP) is 6.03. The van der Waals surface area contributed by atoms with E-state index in [9.17, 15) is 0 Å². The number of rotatable bonds is 12. The highest BCUT2D eigenvalue weighted by Gasteiger charge is 1.99. The van der Waals surface area contributed by atoms with Crippen molar-refractivity contribution in [1.29, 1.82) is 0 Å². The highest BCUT2D eigenvalue weighted by Crippen LogP contribution is 2.14. The smallest absolute Gasteiger partial charge is 0.0112 e. The third-order valence-corrected chi connectivity index (χ3v) is 5.27. The van der Waals surface area contributed by atoms with Crippen LogP contribution >= 0.6 is 35.2 Å². The average molecular weight is 356 g/mol. The molecule has 98 valence electrons. The lowest BCUT2D eigenvalue weighted by atomic mass is 10.1. The Kier molecular flexibility index (Phi) is 15.1. The van der Waals surface area contributed by atoms with E-state index in [2.05, 4.69) is 42.1 Å². The summed E-state index contributed by atoms with van der Waals surface area (Å²) >= 11 is 6.94. The van der Waals surface area contributed by atoms with E-state index in [4.69, 9.17) is 0 Å². The monoisotopic (exact) mass is 356 g/mol. The van der Waals surface area contributed by atoms with Gasteiger partial charge in [0, 0.05) is 9.68 Å². The van der Waals surface area contributed by atoms with Gasteiger partial charge in [-0.05, 0) is 6.42 Å². The molecule has 0 bridgehead atoms. The Morgan fingerprint density at radius 2 is 1.25 bits per heavy atom. The zero-order chi connectivity index (χ0) is 12.1. The lowest BCUT2D eigenvalue weighted by molar-refractivity contribution is 0.550. The van der Waals surface area contributed by atoms with E-state index < -0.39 is 0 Å². The molecule has 0 saturated heterocycles. The van der Waals surface area contributed by atoms with Crippen LogP contribution in [0.25, 0.3) is 0 Å². The second-order valence-corrected chi connectivity index (χ2v) is 6.39. The molecule has 2 heteroatoms. The van der Waals surface area contributed by atoms with Gasteiger partial charge < -0.3 is 0 Å². The lowest BCUT2D eigenvalue weighted by Crippen LogP contribution is -1.98. The maximum atomic E-state index is 4.51. The Bertz CT molecular complexity index is 128. The van der Waals surface area contributed by atoms with E-state index in [-0.39, 0.29) is 0 Å². The molecule has 0 aromatic carbocycles. The summed E-state index contributed by atoms with van der Waals surface area (Å²) in [7, 11) is 0. The molecule has 0 aliphatic rings. The molecule has 0 aromatic rings. The van der Waals surface area contributed by atoms with E-state index >= 15 is 0 Å². The van der Waals surface area contributed by atoms with E-state index in [1.54, 1.807) is 0 Å². The van der Waals surface area contributed by atoms with Gasteiger partial charge >= 0.3 is 0 Å². The first-order valence-corrected chi connectivity index (χ1v) is 9.09. The van der Waals surface area contributed by atoms with Gasteiger partial charge in [-0.1, -0.05) is 93.7 Å². The van der Waals surface area contributed by atoms with Crippen molar-refractivity contribution < 1.29 is 0 Å². The summed E-state index contributed by atoms with van der Waals surface area (Å²) in [6, 6.07) is 0. The topological polar surface area (TPSA) is 0 Å². The Morgan fingerprint density at radius 1 is 0.812 bits per heavy atom. The first-order valence-electron chi connectivity index (χ1n) is 7.05. The van der Waals surface area contributed by atoms with E-state index in [0.29, 0.717) is 5.25 Å². The van der Waals surface area contributed by atoms with Crippen LogP contribution in [0.4, 0.5) is 0 Å². The standard InChI is InChI=1S/C14H29IS/c1-2-3-4-5-6-7-8-9-10-11-12-14(16)13-15/h14,16H,2-13H2,1H3. The van der Waals surface area contributed by atoms with Crippen molar-refractivity contribution in [2.24, 2.45) is 0 Å². The normalized spacial score (nSPS) is 12.9. The highest BCUT2D eigenvalue weighted by atomic mass is 127. The highest BCUT2D eigenvalue weighted by molar-refractivity contribution is 14.1. The minimum atomic E-state index is 0.634. The van der Waals surface area contributed by atoms with Gasteiger partial charge in [0.15, 0.2) is 0 Å². The van der Waals surface area contributed by atoms with Gasteiger partial charge in [-0.2, -0.15) is 12.6 Å². The van der Waals surface area contributed by atoms with Crippen molar-refractivity contribution in [2.75, 3.05) is 4.43 Å². The van der Waals surface area contributed by atoms with Crippen LogP contribution < -0.4 is 0 Å². The summed E-state index contributed by atoms with van der Waals surface area (Å²) in [5, 5.41) is 0.634. The Labute approximate surface area is 122 Å². The molecule has 0 aliphatic heterocycles. The number of alkyl halides is 1. The first-order chi connectivity index (χ1) is 7.81. The summed E-state index contributed by atoms with van der Waals surface area (Å²) in [4.78, 5) is 0. The molecule has 1 atom stereocenters. The third-order valence-electron chi connectivity index (χ3n) is 3.07. The van der Waals surface area contributed by atoms with Crippen molar-refractivity contribution in [2.45, 2.75) is 82.8 Å². The van der Waals surface area contributed by atoms with Crippen LogP contribution in [0.5, 0.6) is 0 Å². The molecule has 0 fully saturated rings. The number of hydrogen-bond acceptors (Lipinski definition) is 1. The van der Waals surface area contributed by atoms with Crippen LogP contribution in [-0.4, -0.2) is 9.68 Å². The Balaban J connectivity index is 2.93. The predicted molar refractivity (Wildman–Crippen MR) is 88.1 cm³/mol. The fraction of sp³-hybridized carbons (Fsp3) is 1.00. The van der Waals surface area contributed by atoms with Crippen LogP contribution in [0.3, 0.4) is 0 Å². The van der Waals surface area contributed by atoms with Gasteiger partial charge in [-0.25, -0.2) is 0 Å². The fourth-order valence-electron chi connectivity index (χ4n) is 1.94. The average Bonchev–Trinajstić information content (AvgIpc) is 2.31. The van der Waals surface area contributed by atoms with Gasteiger partial charge in [0.1, 0.15) is 0 Å². The van der Waals surface area contributed by atoms with E-state index in [1.807, 2.05) is 0 Å². The van der Waals surface area contributed by atoms with Crippen molar-refractivity contribution in [3.05, 3.63) is 0 Å². The molecular weight excluding hydrogens is 327 g/mol. The van der Waals surface area contributed by atoms with E-state index in [0.717, 1.165) is 0 Å². The molecule has 0 aromatic heterocycles. The van der Waals surface area contributed by atoms with Crippen LogP contribution in [0, 0.1) is 0 Å². The number of unbranched alkanes of at least 4 members (excludes halogenated alkanes) is 9. The zero-order valence-electron chi connectivity index (χ0n) is 10.9. The van der Waals surface area contributed by atoms with Crippen LogP contribution in [0.15, 0.2) is 0 Å². The molecule has 0 spiro atoms. The zero-order valence-corrected chi connectivity index (χ0v) is 13.9.